The molecule has 4 nitrogen and oxygen atoms in total. The molecule has 1 amide bonds. The van der Waals surface area contributed by atoms with Crippen LogP contribution < -0.4 is 9.64 Å². The minimum atomic E-state index is -0.438. The standard InChI is InChI=1S/C22H25NO3/c1-4-15(2)18-10-6-8-12-20(18)26-22(25)17-13-21(24)23(14-17)19-11-7-5-9-16(19)3/h5-12,15,17H,4,13-14H2,1-3H3/t15-,17+/m0/s1. The fourth-order valence-corrected chi connectivity index (χ4v) is 3.36. The molecule has 1 aliphatic rings. The van der Waals surface area contributed by atoms with Crippen LogP contribution in [0.15, 0.2) is 48.5 Å². The highest BCUT2D eigenvalue weighted by molar-refractivity contribution is 6.00. The monoisotopic (exact) mass is 351 g/mol. The molecule has 1 fully saturated rings. The second-order valence-electron chi connectivity index (χ2n) is 6.96. The first-order valence-electron chi connectivity index (χ1n) is 9.17. The maximum atomic E-state index is 12.7. The molecule has 26 heavy (non-hydrogen) atoms. The molecule has 0 N–H and O–H groups in total. The largest absolute Gasteiger partial charge is 0.426 e. The van der Waals surface area contributed by atoms with E-state index in [-0.39, 0.29) is 18.3 Å². The molecule has 0 bridgehead atoms. The lowest BCUT2D eigenvalue weighted by Gasteiger charge is -2.19. The second-order valence-corrected chi connectivity index (χ2v) is 6.96. The molecule has 2 atom stereocenters. The Morgan fingerprint density at radius 2 is 1.88 bits per heavy atom. The summed E-state index contributed by atoms with van der Waals surface area (Å²) in [4.78, 5) is 26.8. The van der Waals surface area contributed by atoms with Crippen molar-refractivity contribution in [3.63, 3.8) is 0 Å². The van der Waals surface area contributed by atoms with Gasteiger partial charge in [-0.25, -0.2) is 0 Å². The summed E-state index contributed by atoms with van der Waals surface area (Å²) in [5.41, 5.74) is 2.92. The number of hydrogen-bond acceptors (Lipinski definition) is 3. The molecule has 1 aliphatic heterocycles. The van der Waals surface area contributed by atoms with Crippen molar-refractivity contribution in [1.29, 1.82) is 0 Å². The Kier molecular flexibility index (Phi) is 5.40. The van der Waals surface area contributed by atoms with Crippen molar-refractivity contribution < 1.29 is 14.3 Å². The van der Waals surface area contributed by atoms with Crippen LogP contribution in [-0.2, 0) is 9.59 Å². The highest BCUT2D eigenvalue weighted by atomic mass is 16.5. The minimum absolute atomic E-state index is 0.0311. The van der Waals surface area contributed by atoms with Crippen molar-refractivity contribution in [3.05, 3.63) is 59.7 Å². The van der Waals surface area contributed by atoms with Crippen LogP contribution in [0.1, 0.15) is 43.7 Å². The lowest BCUT2D eigenvalue weighted by molar-refractivity contribution is -0.139. The molecule has 4 heteroatoms. The van der Waals surface area contributed by atoms with Gasteiger partial charge in [0.05, 0.1) is 5.92 Å². The third kappa shape index (κ3) is 3.64. The summed E-state index contributed by atoms with van der Waals surface area (Å²) in [5, 5.41) is 0. The van der Waals surface area contributed by atoms with Gasteiger partial charge in [0.2, 0.25) is 5.91 Å². The Hall–Kier alpha value is -2.62. The number of hydrogen-bond donors (Lipinski definition) is 0. The summed E-state index contributed by atoms with van der Waals surface area (Å²) >= 11 is 0. The fraction of sp³-hybridized carbons (Fsp3) is 0.364. The predicted molar refractivity (Wildman–Crippen MR) is 102 cm³/mol. The number of nitrogens with zero attached hydrogens (tertiary/aromatic N) is 1. The highest BCUT2D eigenvalue weighted by Crippen LogP contribution is 2.31. The summed E-state index contributed by atoms with van der Waals surface area (Å²) in [6.07, 6.45) is 1.16. The van der Waals surface area contributed by atoms with Crippen molar-refractivity contribution in [2.45, 2.75) is 39.5 Å². The second kappa shape index (κ2) is 7.73. The van der Waals surface area contributed by atoms with Gasteiger partial charge in [0.25, 0.3) is 0 Å². The van der Waals surface area contributed by atoms with Gasteiger partial charge in [0.1, 0.15) is 5.75 Å². The highest BCUT2D eigenvalue weighted by Gasteiger charge is 2.37. The lowest BCUT2D eigenvalue weighted by Crippen LogP contribution is -2.28. The van der Waals surface area contributed by atoms with Crippen LogP contribution in [-0.4, -0.2) is 18.4 Å². The molecule has 0 aromatic heterocycles. The van der Waals surface area contributed by atoms with E-state index in [1.54, 1.807) is 4.90 Å². The van der Waals surface area contributed by atoms with Gasteiger partial charge in [0, 0.05) is 18.7 Å². The third-order valence-corrected chi connectivity index (χ3v) is 5.14. The smallest absolute Gasteiger partial charge is 0.316 e. The van der Waals surface area contributed by atoms with Gasteiger partial charge in [-0.1, -0.05) is 50.2 Å². The molecular formula is C22H25NO3. The van der Waals surface area contributed by atoms with Gasteiger partial charge >= 0.3 is 5.97 Å². The summed E-state index contributed by atoms with van der Waals surface area (Å²) in [5.74, 6) is 0.120. The Morgan fingerprint density at radius 1 is 1.19 bits per heavy atom. The average Bonchev–Trinajstić information content (AvgIpc) is 3.03. The van der Waals surface area contributed by atoms with Crippen molar-refractivity contribution in [1.82, 2.24) is 0 Å². The number of amides is 1. The van der Waals surface area contributed by atoms with Crippen LogP contribution in [0.2, 0.25) is 0 Å². The molecular weight excluding hydrogens is 326 g/mol. The van der Waals surface area contributed by atoms with Gasteiger partial charge in [-0.05, 0) is 42.5 Å². The zero-order chi connectivity index (χ0) is 18.7. The predicted octanol–water partition coefficient (Wildman–Crippen LogP) is 4.47. The molecule has 0 saturated carbocycles. The van der Waals surface area contributed by atoms with E-state index in [9.17, 15) is 9.59 Å². The Labute approximate surface area is 154 Å². The van der Waals surface area contributed by atoms with Crippen LogP contribution in [0.3, 0.4) is 0 Å². The summed E-state index contributed by atoms with van der Waals surface area (Å²) in [6.45, 7) is 6.56. The summed E-state index contributed by atoms with van der Waals surface area (Å²) < 4.78 is 5.70. The van der Waals surface area contributed by atoms with Crippen molar-refractivity contribution in [2.75, 3.05) is 11.4 Å². The average molecular weight is 351 g/mol. The van der Waals surface area contributed by atoms with Crippen LogP contribution in [0.4, 0.5) is 5.69 Å². The van der Waals surface area contributed by atoms with Crippen molar-refractivity contribution >= 4 is 17.6 Å². The maximum absolute atomic E-state index is 12.7. The number of benzene rings is 2. The van der Waals surface area contributed by atoms with Crippen LogP contribution >= 0.6 is 0 Å². The number of aryl methyl sites for hydroxylation is 1. The normalized spacial score (nSPS) is 18.0. The number of carbonyl (C=O) groups is 2. The van der Waals surface area contributed by atoms with Gasteiger partial charge in [-0.3, -0.25) is 9.59 Å². The topological polar surface area (TPSA) is 46.6 Å². The molecule has 1 heterocycles. The van der Waals surface area contributed by atoms with Gasteiger partial charge in [-0.2, -0.15) is 0 Å². The number of esters is 1. The number of para-hydroxylation sites is 2. The lowest BCUT2D eigenvalue weighted by atomic mass is 9.98. The third-order valence-electron chi connectivity index (χ3n) is 5.14. The number of carbonyl (C=O) groups excluding carboxylic acids is 2. The first-order chi connectivity index (χ1) is 12.5. The van der Waals surface area contributed by atoms with Gasteiger partial charge in [-0.15, -0.1) is 0 Å². The number of rotatable bonds is 5. The quantitative estimate of drug-likeness (QED) is 0.590. The van der Waals surface area contributed by atoms with E-state index >= 15 is 0 Å². The van der Waals surface area contributed by atoms with E-state index in [4.69, 9.17) is 4.74 Å². The zero-order valence-electron chi connectivity index (χ0n) is 15.6. The fourth-order valence-electron chi connectivity index (χ4n) is 3.36. The van der Waals surface area contributed by atoms with Crippen LogP contribution in [0.5, 0.6) is 5.75 Å². The molecule has 0 radical (unpaired) electrons. The molecule has 2 aromatic carbocycles. The molecule has 0 unspecified atom stereocenters. The molecule has 0 spiro atoms. The van der Waals surface area contributed by atoms with Crippen LogP contribution in [0, 0.1) is 12.8 Å². The van der Waals surface area contributed by atoms with E-state index in [1.165, 1.54) is 0 Å². The molecule has 136 valence electrons. The molecule has 0 aliphatic carbocycles. The first kappa shape index (κ1) is 18.2. The Morgan fingerprint density at radius 3 is 2.62 bits per heavy atom. The summed E-state index contributed by atoms with van der Waals surface area (Å²) in [7, 11) is 0. The first-order valence-corrected chi connectivity index (χ1v) is 9.17. The van der Waals surface area contributed by atoms with E-state index < -0.39 is 5.92 Å². The van der Waals surface area contributed by atoms with Crippen molar-refractivity contribution in [2.24, 2.45) is 5.92 Å². The Balaban J connectivity index is 1.74. The molecule has 2 aromatic rings. The molecule has 1 saturated heterocycles. The summed E-state index contributed by atoms with van der Waals surface area (Å²) in [6, 6.07) is 15.4. The number of anilines is 1. The van der Waals surface area contributed by atoms with E-state index in [1.807, 2.05) is 55.5 Å². The molecule has 3 rings (SSSR count). The van der Waals surface area contributed by atoms with E-state index in [0.717, 1.165) is 23.2 Å². The van der Waals surface area contributed by atoms with Crippen LogP contribution in [0.25, 0.3) is 0 Å². The van der Waals surface area contributed by atoms with Gasteiger partial charge < -0.3 is 9.64 Å². The van der Waals surface area contributed by atoms with E-state index in [2.05, 4.69) is 13.8 Å². The SMILES string of the molecule is CC[C@H](C)c1ccccc1OC(=O)[C@@H]1CC(=O)N(c2ccccc2C)C1. The maximum Gasteiger partial charge on any atom is 0.316 e. The van der Waals surface area contributed by atoms with Crippen molar-refractivity contribution in [3.8, 4) is 5.75 Å². The number of ether oxygens (including phenoxy) is 1. The van der Waals surface area contributed by atoms with E-state index in [0.29, 0.717) is 18.2 Å². The zero-order valence-corrected chi connectivity index (χ0v) is 15.6. The minimum Gasteiger partial charge on any atom is -0.426 e. The van der Waals surface area contributed by atoms with Gasteiger partial charge in [0.15, 0.2) is 0 Å². The Bertz CT molecular complexity index is 815.